The average Bonchev–Trinajstić information content (AvgIpc) is 3.79. The summed E-state index contributed by atoms with van der Waals surface area (Å²) in [6.07, 6.45) is 7.65. The van der Waals surface area contributed by atoms with E-state index in [1.165, 1.54) is 24.8 Å². The van der Waals surface area contributed by atoms with E-state index in [4.69, 9.17) is 19.3 Å². The molecule has 0 aliphatic heterocycles. The van der Waals surface area contributed by atoms with Crippen LogP contribution in [-0.2, 0) is 26.8 Å². The van der Waals surface area contributed by atoms with E-state index in [0.717, 1.165) is 42.6 Å². The number of phosphoric acid groups is 1. The molecule has 0 radical (unpaired) electrons. The number of rotatable bonds is 18. The second kappa shape index (κ2) is 15.9. The van der Waals surface area contributed by atoms with Crippen molar-refractivity contribution in [1.29, 1.82) is 0 Å². The van der Waals surface area contributed by atoms with E-state index in [1.807, 2.05) is 48.5 Å². The fourth-order valence-corrected chi connectivity index (χ4v) is 5.51. The van der Waals surface area contributed by atoms with Gasteiger partial charge in [0.15, 0.2) is 0 Å². The molecule has 2 unspecified atom stereocenters. The van der Waals surface area contributed by atoms with E-state index in [9.17, 15) is 9.36 Å². The Bertz CT molecular complexity index is 1300. The Morgan fingerprint density at radius 2 is 1.60 bits per heavy atom. The summed E-state index contributed by atoms with van der Waals surface area (Å²) in [4.78, 5) is 33.2. The van der Waals surface area contributed by atoms with Gasteiger partial charge in [-0.2, -0.15) is 0 Å². The number of ether oxygens (including phenoxy) is 2. The largest absolute Gasteiger partial charge is 0.497 e. The number of nitrogens with zero attached hydrogens (tertiary/aromatic N) is 1. The summed E-state index contributed by atoms with van der Waals surface area (Å²) < 4.78 is 27.1. The molecular formula is C33H42NO7P. The summed E-state index contributed by atoms with van der Waals surface area (Å²) in [5.41, 5.74) is 3.37. The van der Waals surface area contributed by atoms with E-state index in [2.05, 4.69) is 34.9 Å². The van der Waals surface area contributed by atoms with Crippen molar-refractivity contribution in [2.24, 2.45) is 5.92 Å². The van der Waals surface area contributed by atoms with Gasteiger partial charge in [-0.1, -0.05) is 73.9 Å². The maximum Gasteiger partial charge on any atom is 0.469 e. The molecule has 9 heteroatoms. The van der Waals surface area contributed by atoms with Crippen molar-refractivity contribution in [3.8, 4) is 11.5 Å². The van der Waals surface area contributed by atoms with Gasteiger partial charge in [0.25, 0.3) is 0 Å². The highest BCUT2D eigenvalue weighted by atomic mass is 31.2. The number of amides is 1. The molecule has 226 valence electrons. The van der Waals surface area contributed by atoms with Gasteiger partial charge in [-0.05, 0) is 72.6 Å². The number of benzene rings is 3. The summed E-state index contributed by atoms with van der Waals surface area (Å²) in [6.45, 7) is 0.810. The lowest BCUT2D eigenvalue weighted by atomic mass is 10.1. The number of carbonyl (C=O) groups excluding carboxylic acids is 1. The van der Waals surface area contributed by atoms with Gasteiger partial charge in [-0.25, -0.2) is 4.57 Å². The van der Waals surface area contributed by atoms with Gasteiger partial charge in [0.2, 0.25) is 5.91 Å². The Hall–Kier alpha value is -3.16. The monoisotopic (exact) mass is 595 g/mol. The van der Waals surface area contributed by atoms with Crippen LogP contribution in [0.4, 0.5) is 0 Å². The van der Waals surface area contributed by atoms with Gasteiger partial charge in [-0.3, -0.25) is 9.32 Å². The summed E-state index contributed by atoms with van der Waals surface area (Å²) >= 11 is 0. The van der Waals surface area contributed by atoms with E-state index >= 15 is 0 Å². The number of unbranched alkanes of at least 4 members (excludes halogenated alkanes) is 4. The van der Waals surface area contributed by atoms with Crippen LogP contribution in [0.25, 0.3) is 0 Å². The maximum atomic E-state index is 13.5. The third kappa shape index (κ3) is 10.6. The summed E-state index contributed by atoms with van der Waals surface area (Å²) in [6, 6.07) is 26.0. The molecule has 1 aliphatic rings. The van der Waals surface area contributed by atoms with Crippen LogP contribution in [0.2, 0.25) is 0 Å². The van der Waals surface area contributed by atoms with Crippen LogP contribution in [-0.4, -0.2) is 47.5 Å². The highest BCUT2D eigenvalue weighted by Gasteiger charge is 2.45. The van der Waals surface area contributed by atoms with Crippen LogP contribution in [0.3, 0.4) is 0 Å². The Morgan fingerprint density at radius 1 is 0.857 bits per heavy atom. The second-order valence-electron chi connectivity index (χ2n) is 10.8. The first kappa shape index (κ1) is 31.8. The molecule has 2 atom stereocenters. The zero-order valence-corrected chi connectivity index (χ0v) is 25.2. The van der Waals surface area contributed by atoms with Gasteiger partial charge < -0.3 is 24.2 Å². The minimum atomic E-state index is -4.62. The fraction of sp³-hybridized carbons (Fsp3) is 0.424. The molecule has 1 fully saturated rings. The molecule has 0 saturated heterocycles. The maximum absolute atomic E-state index is 13.5. The standard InChI is InChI=1S/C33H42NO7P/c1-39-29-18-16-27(17-19-29)25-34(20-22-41-42(36,37)38)33(35)32-24-31(32)28-14-10-15-30(23-28)40-21-9-4-2-3-6-11-26-12-7-5-8-13-26/h5,7-8,10,12-19,23,31-32H,2-4,6,9,11,20-22,24-25H2,1H3,(H2,36,37,38). The predicted molar refractivity (Wildman–Crippen MR) is 162 cm³/mol. The number of aryl methyl sites for hydroxylation is 1. The van der Waals surface area contributed by atoms with E-state index in [-0.39, 0.29) is 30.9 Å². The zero-order chi connectivity index (χ0) is 29.8. The first-order chi connectivity index (χ1) is 20.3. The third-order valence-electron chi connectivity index (χ3n) is 7.58. The van der Waals surface area contributed by atoms with Crippen LogP contribution in [0.5, 0.6) is 11.5 Å². The molecule has 0 heterocycles. The second-order valence-corrected chi connectivity index (χ2v) is 12.0. The third-order valence-corrected chi connectivity index (χ3v) is 8.10. The summed E-state index contributed by atoms with van der Waals surface area (Å²) in [5, 5.41) is 0. The quantitative estimate of drug-likeness (QED) is 0.128. The molecule has 0 aromatic heterocycles. The topological polar surface area (TPSA) is 106 Å². The van der Waals surface area contributed by atoms with Crippen molar-refractivity contribution >= 4 is 13.7 Å². The van der Waals surface area contributed by atoms with Crippen molar-refractivity contribution < 1.29 is 33.1 Å². The van der Waals surface area contributed by atoms with E-state index in [1.54, 1.807) is 12.0 Å². The Kier molecular flexibility index (Phi) is 12.0. The molecule has 3 aromatic rings. The lowest BCUT2D eigenvalue weighted by Gasteiger charge is -2.23. The highest BCUT2D eigenvalue weighted by Crippen LogP contribution is 2.49. The van der Waals surface area contributed by atoms with Crippen molar-refractivity contribution in [2.75, 3.05) is 26.9 Å². The smallest absolute Gasteiger partial charge is 0.469 e. The molecule has 0 spiro atoms. The van der Waals surface area contributed by atoms with E-state index < -0.39 is 7.82 Å². The minimum absolute atomic E-state index is 0.0521. The van der Waals surface area contributed by atoms with Crippen molar-refractivity contribution in [3.63, 3.8) is 0 Å². The lowest BCUT2D eigenvalue weighted by molar-refractivity contribution is -0.133. The number of hydrogen-bond donors (Lipinski definition) is 2. The minimum Gasteiger partial charge on any atom is -0.497 e. The average molecular weight is 596 g/mol. The number of carbonyl (C=O) groups is 1. The van der Waals surface area contributed by atoms with Gasteiger partial charge >= 0.3 is 7.82 Å². The van der Waals surface area contributed by atoms with Crippen LogP contribution in [0.1, 0.15) is 61.1 Å². The Morgan fingerprint density at radius 3 is 2.33 bits per heavy atom. The highest BCUT2D eigenvalue weighted by molar-refractivity contribution is 7.46. The molecular weight excluding hydrogens is 553 g/mol. The Balaban J connectivity index is 1.23. The van der Waals surface area contributed by atoms with Crippen LogP contribution < -0.4 is 9.47 Å². The number of methoxy groups -OCH3 is 1. The normalized spacial score (nSPS) is 16.2. The van der Waals surface area contributed by atoms with Gasteiger partial charge in [0, 0.05) is 19.0 Å². The van der Waals surface area contributed by atoms with Crippen LogP contribution in [0, 0.1) is 5.92 Å². The van der Waals surface area contributed by atoms with Gasteiger partial charge in [-0.15, -0.1) is 0 Å². The van der Waals surface area contributed by atoms with Gasteiger partial charge in [0.1, 0.15) is 11.5 Å². The molecule has 3 aromatic carbocycles. The SMILES string of the molecule is COc1ccc(CN(CCOP(=O)(O)O)C(=O)C2CC2c2cccc(OCCCCCCCc3ccccc3)c2)cc1. The predicted octanol–water partition coefficient (Wildman–Crippen LogP) is 6.51. The molecule has 1 saturated carbocycles. The van der Waals surface area contributed by atoms with Crippen molar-refractivity contribution in [2.45, 2.75) is 57.4 Å². The molecule has 4 rings (SSSR count). The van der Waals surface area contributed by atoms with Crippen molar-refractivity contribution in [1.82, 2.24) is 4.90 Å². The summed E-state index contributed by atoms with van der Waals surface area (Å²) in [7, 11) is -3.03. The molecule has 42 heavy (non-hydrogen) atoms. The van der Waals surface area contributed by atoms with Crippen LogP contribution in [0.15, 0.2) is 78.9 Å². The molecule has 8 nitrogen and oxygen atoms in total. The number of phosphoric ester groups is 1. The molecule has 1 aliphatic carbocycles. The molecule has 0 bridgehead atoms. The number of hydrogen-bond acceptors (Lipinski definition) is 5. The first-order valence-corrected chi connectivity index (χ1v) is 16.2. The Labute approximate surface area is 248 Å². The zero-order valence-electron chi connectivity index (χ0n) is 24.3. The molecule has 2 N–H and O–H groups in total. The van der Waals surface area contributed by atoms with Gasteiger partial charge in [0.05, 0.1) is 20.3 Å². The van der Waals surface area contributed by atoms with Crippen molar-refractivity contribution in [3.05, 3.63) is 95.6 Å². The van der Waals surface area contributed by atoms with Crippen LogP contribution >= 0.6 is 7.82 Å². The van der Waals surface area contributed by atoms with E-state index in [0.29, 0.717) is 18.9 Å². The lowest BCUT2D eigenvalue weighted by Crippen LogP contribution is -2.35. The first-order valence-electron chi connectivity index (χ1n) is 14.7. The fourth-order valence-electron chi connectivity index (χ4n) is 5.19. The molecule has 1 amide bonds. The summed E-state index contributed by atoms with van der Waals surface area (Å²) in [5.74, 6) is 1.38.